The molecule has 1 aliphatic heterocycles. The summed E-state index contributed by atoms with van der Waals surface area (Å²) >= 11 is 0. The largest absolute Gasteiger partial charge is 0.349 e. The summed E-state index contributed by atoms with van der Waals surface area (Å²) < 4.78 is 0. The molecule has 2 heteroatoms. The van der Waals surface area contributed by atoms with Gasteiger partial charge in [0.05, 0.1) is 6.17 Å². The van der Waals surface area contributed by atoms with Crippen LogP contribution in [0.25, 0.3) is 0 Å². The van der Waals surface area contributed by atoms with E-state index in [0.717, 1.165) is 13.1 Å². The monoisotopic (exact) mass is 336 g/mol. The smallest absolute Gasteiger partial charge is 0.0988 e. The molecular formula is C23H32N2. The van der Waals surface area contributed by atoms with Crippen LogP contribution < -0.4 is 9.80 Å². The summed E-state index contributed by atoms with van der Waals surface area (Å²) in [5.41, 5.74) is 8.40. The Morgan fingerprint density at radius 1 is 0.800 bits per heavy atom. The van der Waals surface area contributed by atoms with E-state index in [4.69, 9.17) is 0 Å². The van der Waals surface area contributed by atoms with Gasteiger partial charge in [0, 0.05) is 24.5 Å². The summed E-state index contributed by atoms with van der Waals surface area (Å²) in [5, 5.41) is 0. The van der Waals surface area contributed by atoms with E-state index in [9.17, 15) is 0 Å². The molecule has 1 fully saturated rings. The van der Waals surface area contributed by atoms with Gasteiger partial charge in [-0.25, -0.2) is 0 Å². The summed E-state index contributed by atoms with van der Waals surface area (Å²) in [7, 11) is 0. The topological polar surface area (TPSA) is 6.48 Å². The highest BCUT2D eigenvalue weighted by molar-refractivity contribution is 5.63. The second-order valence-corrected chi connectivity index (χ2v) is 8.56. The van der Waals surface area contributed by atoms with Crippen molar-refractivity contribution < 1.29 is 0 Å². The fourth-order valence-electron chi connectivity index (χ4n) is 3.82. The first-order chi connectivity index (χ1) is 11.7. The highest BCUT2D eigenvalue weighted by atomic mass is 15.4. The molecule has 0 bridgehead atoms. The molecule has 1 saturated heterocycles. The number of anilines is 2. The quantitative estimate of drug-likeness (QED) is 0.706. The van der Waals surface area contributed by atoms with E-state index in [1.54, 1.807) is 0 Å². The van der Waals surface area contributed by atoms with Crippen molar-refractivity contribution in [3.63, 3.8) is 0 Å². The van der Waals surface area contributed by atoms with Gasteiger partial charge in [-0.3, -0.25) is 0 Å². The fourth-order valence-corrected chi connectivity index (χ4v) is 3.82. The van der Waals surface area contributed by atoms with E-state index in [-0.39, 0.29) is 5.41 Å². The predicted molar refractivity (Wildman–Crippen MR) is 110 cm³/mol. The molecule has 2 nitrogen and oxygen atoms in total. The van der Waals surface area contributed by atoms with Crippen molar-refractivity contribution in [3.8, 4) is 0 Å². The molecule has 0 aromatic heterocycles. The van der Waals surface area contributed by atoms with Crippen LogP contribution in [0.15, 0.2) is 36.4 Å². The minimum atomic E-state index is 0.179. The molecule has 3 rings (SSSR count). The van der Waals surface area contributed by atoms with Crippen LogP contribution in [0.4, 0.5) is 11.4 Å². The molecule has 1 heterocycles. The van der Waals surface area contributed by atoms with Gasteiger partial charge >= 0.3 is 0 Å². The van der Waals surface area contributed by atoms with Gasteiger partial charge in [0.2, 0.25) is 0 Å². The van der Waals surface area contributed by atoms with Gasteiger partial charge in [0.15, 0.2) is 0 Å². The van der Waals surface area contributed by atoms with Crippen LogP contribution >= 0.6 is 0 Å². The van der Waals surface area contributed by atoms with E-state index in [1.807, 2.05) is 0 Å². The summed E-state index contributed by atoms with van der Waals surface area (Å²) in [6.45, 7) is 18.0. The zero-order valence-corrected chi connectivity index (χ0v) is 16.9. The maximum absolute atomic E-state index is 2.56. The molecule has 0 N–H and O–H groups in total. The third-order valence-corrected chi connectivity index (χ3v) is 5.54. The minimum Gasteiger partial charge on any atom is -0.349 e. The molecule has 0 unspecified atom stereocenters. The lowest BCUT2D eigenvalue weighted by atomic mass is 9.86. The Bertz CT molecular complexity index is 770. The number of hydrogen-bond acceptors (Lipinski definition) is 2. The molecule has 1 atom stereocenters. The SMILES string of the molecule is Cc1ccc(C)c(N2CCN(c3cc(C(C)(C)C)ccc3C)[C@H]2C)c1. The highest BCUT2D eigenvalue weighted by Crippen LogP contribution is 2.34. The van der Waals surface area contributed by atoms with Crippen molar-refractivity contribution in [1.82, 2.24) is 0 Å². The molecule has 0 aliphatic carbocycles. The summed E-state index contributed by atoms with van der Waals surface area (Å²) in [6, 6.07) is 13.7. The zero-order valence-electron chi connectivity index (χ0n) is 16.9. The van der Waals surface area contributed by atoms with Gasteiger partial charge in [0.1, 0.15) is 0 Å². The second-order valence-electron chi connectivity index (χ2n) is 8.56. The Morgan fingerprint density at radius 2 is 1.32 bits per heavy atom. The van der Waals surface area contributed by atoms with Gasteiger partial charge < -0.3 is 9.80 Å². The first-order valence-electron chi connectivity index (χ1n) is 9.40. The Labute approximate surface area is 153 Å². The Kier molecular flexibility index (Phi) is 4.57. The number of benzene rings is 2. The average molecular weight is 337 g/mol. The van der Waals surface area contributed by atoms with Crippen molar-refractivity contribution in [3.05, 3.63) is 58.7 Å². The number of aryl methyl sites for hydroxylation is 3. The predicted octanol–water partition coefficient (Wildman–Crippen LogP) is 5.58. The first kappa shape index (κ1) is 17.8. The van der Waals surface area contributed by atoms with Crippen LogP contribution in [0.1, 0.15) is 49.9 Å². The molecule has 134 valence electrons. The fraction of sp³-hybridized carbons (Fsp3) is 0.478. The van der Waals surface area contributed by atoms with Crippen LogP contribution in [-0.2, 0) is 5.41 Å². The first-order valence-corrected chi connectivity index (χ1v) is 9.40. The molecule has 0 amide bonds. The molecule has 1 aliphatic rings. The maximum atomic E-state index is 2.56. The van der Waals surface area contributed by atoms with Gasteiger partial charge in [0.25, 0.3) is 0 Å². The summed E-state index contributed by atoms with van der Waals surface area (Å²) in [4.78, 5) is 5.11. The molecule has 2 aromatic rings. The molecule has 2 aromatic carbocycles. The maximum Gasteiger partial charge on any atom is 0.0988 e. The molecule has 0 saturated carbocycles. The molecule has 0 spiro atoms. The summed E-state index contributed by atoms with van der Waals surface area (Å²) in [6.07, 6.45) is 0.370. The third kappa shape index (κ3) is 3.40. The van der Waals surface area contributed by atoms with E-state index < -0.39 is 0 Å². The zero-order chi connectivity index (χ0) is 18.4. The van der Waals surface area contributed by atoms with Crippen molar-refractivity contribution in [2.24, 2.45) is 0 Å². The van der Waals surface area contributed by atoms with Crippen LogP contribution in [-0.4, -0.2) is 19.3 Å². The molecule has 0 radical (unpaired) electrons. The van der Waals surface area contributed by atoms with E-state index >= 15 is 0 Å². The van der Waals surface area contributed by atoms with Crippen molar-refractivity contribution in [2.75, 3.05) is 22.9 Å². The van der Waals surface area contributed by atoms with E-state index in [1.165, 1.54) is 33.6 Å². The van der Waals surface area contributed by atoms with E-state index in [0.29, 0.717) is 6.17 Å². The van der Waals surface area contributed by atoms with Gasteiger partial charge in [-0.05, 0) is 67.5 Å². The van der Waals surface area contributed by atoms with E-state index in [2.05, 4.69) is 94.7 Å². The van der Waals surface area contributed by atoms with Crippen LogP contribution in [0.5, 0.6) is 0 Å². The highest BCUT2D eigenvalue weighted by Gasteiger charge is 2.30. The van der Waals surface area contributed by atoms with Gasteiger partial charge in [-0.2, -0.15) is 0 Å². The molecule has 25 heavy (non-hydrogen) atoms. The standard InChI is InChI=1S/C23H32N2/c1-16-8-9-17(2)21(14-16)24-12-13-25(19(24)4)22-15-20(23(5,6)7)11-10-18(22)3/h8-11,14-15,19H,12-13H2,1-7H3/t19-/m0/s1. The van der Waals surface area contributed by atoms with Crippen molar-refractivity contribution in [2.45, 2.75) is 60.0 Å². The average Bonchev–Trinajstić information content (AvgIpc) is 2.90. The number of hydrogen-bond donors (Lipinski definition) is 0. The van der Waals surface area contributed by atoms with Crippen LogP contribution in [0.3, 0.4) is 0 Å². The normalized spacial score (nSPS) is 18.1. The molecular weight excluding hydrogens is 304 g/mol. The Hall–Kier alpha value is -1.96. The Balaban J connectivity index is 1.95. The Morgan fingerprint density at radius 3 is 1.88 bits per heavy atom. The number of rotatable bonds is 2. The van der Waals surface area contributed by atoms with Crippen molar-refractivity contribution in [1.29, 1.82) is 0 Å². The van der Waals surface area contributed by atoms with Crippen molar-refractivity contribution >= 4 is 11.4 Å². The van der Waals surface area contributed by atoms with Gasteiger partial charge in [-0.1, -0.05) is 45.0 Å². The van der Waals surface area contributed by atoms with Gasteiger partial charge in [-0.15, -0.1) is 0 Å². The lowest BCUT2D eigenvalue weighted by Crippen LogP contribution is -2.37. The lowest BCUT2D eigenvalue weighted by molar-refractivity contribution is 0.589. The number of nitrogens with zero attached hydrogens (tertiary/aromatic N) is 2. The summed E-state index contributed by atoms with van der Waals surface area (Å²) in [5.74, 6) is 0. The lowest BCUT2D eigenvalue weighted by Gasteiger charge is -2.32. The minimum absolute atomic E-state index is 0.179. The third-order valence-electron chi connectivity index (χ3n) is 5.54. The van der Waals surface area contributed by atoms with Crippen LogP contribution in [0, 0.1) is 20.8 Å². The van der Waals surface area contributed by atoms with Crippen LogP contribution in [0.2, 0.25) is 0 Å². The second kappa shape index (κ2) is 6.40.